The van der Waals surface area contributed by atoms with E-state index in [2.05, 4.69) is 4.90 Å². The van der Waals surface area contributed by atoms with Gasteiger partial charge in [0.2, 0.25) is 5.91 Å². The second kappa shape index (κ2) is 6.50. The molecule has 0 aliphatic carbocycles. The van der Waals surface area contributed by atoms with Crippen LogP contribution in [-0.4, -0.2) is 51.2 Å². The maximum atomic E-state index is 11.7. The predicted molar refractivity (Wildman–Crippen MR) is 78.6 cm³/mol. The van der Waals surface area contributed by atoms with Crippen LogP contribution >= 0.6 is 0 Å². The molecule has 5 nitrogen and oxygen atoms in total. The molecule has 0 spiro atoms. The van der Waals surface area contributed by atoms with Gasteiger partial charge in [-0.05, 0) is 12.1 Å². The quantitative estimate of drug-likeness (QED) is 0.841. The normalized spacial score (nSPS) is 15.2. The highest BCUT2D eigenvalue weighted by Gasteiger charge is 2.22. The lowest BCUT2D eigenvalue weighted by atomic mass is 10.2. The van der Waals surface area contributed by atoms with E-state index in [0.29, 0.717) is 6.42 Å². The molecule has 0 N–H and O–H groups in total. The molecule has 1 amide bonds. The van der Waals surface area contributed by atoms with Crippen LogP contribution in [-0.2, 0) is 4.79 Å². The maximum absolute atomic E-state index is 11.7. The van der Waals surface area contributed by atoms with Crippen molar-refractivity contribution in [2.24, 2.45) is 0 Å². The Morgan fingerprint density at radius 2 is 1.85 bits per heavy atom. The first kappa shape index (κ1) is 14.5. The van der Waals surface area contributed by atoms with E-state index in [1.165, 1.54) is 0 Å². The molecule has 1 aromatic rings. The molecule has 5 heteroatoms. The molecule has 0 radical (unpaired) electrons. The Hall–Kier alpha value is -1.91. The molecule has 1 aromatic carbocycles. The van der Waals surface area contributed by atoms with Crippen molar-refractivity contribution >= 4 is 11.6 Å². The van der Waals surface area contributed by atoms with E-state index in [1.807, 2.05) is 30.0 Å². The van der Waals surface area contributed by atoms with Gasteiger partial charge in [0.05, 0.1) is 19.9 Å². The molecule has 110 valence electrons. The molecule has 0 atom stereocenters. The monoisotopic (exact) mass is 278 g/mol. The van der Waals surface area contributed by atoms with Crippen molar-refractivity contribution in [1.29, 1.82) is 0 Å². The number of amides is 1. The third-order valence-electron chi connectivity index (χ3n) is 3.66. The van der Waals surface area contributed by atoms with E-state index >= 15 is 0 Å². The van der Waals surface area contributed by atoms with Gasteiger partial charge in [0.15, 0.2) is 0 Å². The Balaban J connectivity index is 2.08. The van der Waals surface area contributed by atoms with Gasteiger partial charge < -0.3 is 19.3 Å². The first-order valence-corrected chi connectivity index (χ1v) is 6.94. The molecular weight excluding hydrogens is 256 g/mol. The third kappa shape index (κ3) is 2.98. The zero-order chi connectivity index (χ0) is 14.5. The lowest BCUT2D eigenvalue weighted by Crippen LogP contribution is -2.48. The lowest BCUT2D eigenvalue weighted by Gasteiger charge is -2.36. The van der Waals surface area contributed by atoms with E-state index in [9.17, 15) is 4.79 Å². The summed E-state index contributed by atoms with van der Waals surface area (Å²) >= 11 is 0. The van der Waals surface area contributed by atoms with Crippen molar-refractivity contribution in [2.45, 2.75) is 13.3 Å². The van der Waals surface area contributed by atoms with Crippen LogP contribution in [0.3, 0.4) is 0 Å². The molecule has 1 heterocycles. The number of piperazine rings is 1. The molecule has 1 aliphatic heterocycles. The van der Waals surface area contributed by atoms with Gasteiger partial charge in [-0.15, -0.1) is 0 Å². The average Bonchev–Trinajstić information content (AvgIpc) is 2.53. The average molecular weight is 278 g/mol. The largest absolute Gasteiger partial charge is 0.497 e. The van der Waals surface area contributed by atoms with Crippen LogP contribution in [0.1, 0.15) is 13.3 Å². The Morgan fingerprint density at radius 1 is 1.15 bits per heavy atom. The molecule has 0 saturated carbocycles. The van der Waals surface area contributed by atoms with Crippen LogP contribution in [0, 0.1) is 0 Å². The molecule has 2 rings (SSSR count). The van der Waals surface area contributed by atoms with E-state index in [-0.39, 0.29) is 5.91 Å². The summed E-state index contributed by atoms with van der Waals surface area (Å²) in [6.07, 6.45) is 0.575. The molecule has 0 unspecified atom stereocenters. The number of nitrogens with zero attached hydrogens (tertiary/aromatic N) is 2. The van der Waals surface area contributed by atoms with E-state index in [4.69, 9.17) is 9.47 Å². The van der Waals surface area contributed by atoms with Crippen LogP contribution in [0.2, 0.25) is 0 Å². The summed E-state index contributed by atoms with van der Waals surface area (Å²) in [6, 6.07) is 5.83. The van der Waals surface area contributed by atoms with Crippen LogP contribution in [0.15, 0.2) is 18.2 Å². The third-order valence-corrected chi connectivity index (χ3v) is 3.66. The summed E-state index contributed by atoms with van der Waals surface area (Å²) < 4.78 is 10.6. The highest BCUT2D eigenvalue weighted by atomic mass is 16.5. The number of methoxy groups -OCH3 is 2. The first-order valence-electron chi connectivity index (χ1n) is 6.94. The summed E-state index contributed by atoms with van der Waals surface area (Å²) in [6.45, 7) is 5.09. The van der Waals surface area contributed by atoms with E-state index < -0.39 is 0 Å². The number of ether oxygens (including phenoxy) is 2. The van der Waals surface area contributed by atoms with Crippen molar-refractivity contribution in [3.8, 4) is 11.5 Å². The van der Waals surface area contributed by atoms with E-state index in [0.717, 1.165) is 43.4 Å². The van der Waals surface area contributed by atoms with Crippen molar-refractivity contribution < 1.29 is 14.3 Å². The van der Waals surface area contributed by atoms with Gasteiger partial charge in [-0.2, -0.15) is 0 Å². The highest BCUT2D eigenvalue weighted by molar-refractivity contribution is 5.76. The standard InChI is InChI=1S/C15H22N2O3/c1-4-15(18)17-9-7-16(8-10-17)13-6-5-12(19-2)11-14(13)20-3/h5-6,11H,4,7-10H2,1-3H3. The topological polar surface area (TPSA) is 42.0 Å². The second-order valence-electron chi connectivity index (χ2n) is 4.76. The summed E-state index contributed by atoms with van der Waals surface area (Å²) in [5.41, 5.74) is 1.05. The molecule has 0 bridgehead atoms. The van der Waals surface area contributed by atoms with Crippen LogP contribution in [0.25, 0.3) is 0 Å². The lowest BCUT2D eigenvalue weighted by molar-refractivity contribution is -0.131. The number of benzene rings is 1. The molecule has 0 aromatic heterocycles. The summed E-state index contributed by atoms with van der Waals surface area (Å²) in [5.74, 6) is 1.82. The number of carbonyl (C=O) groups is 1. The smallest absolute Gasteiger partial charge is 0.222 e. The number of carbonyl (C=O) groups excluding carboxylic acids is 1. The van der Waals surface area contributed by atoms with Crippen LogP contribution in [0.4, 0.5) is 5.69 Å². The fourth-order valence-corrected chi connectivity index (χ4v) is 2.47. The fourth-order valence-electron chi connectivity index (χ4n) is 2.47. The number of anilines is 1. The zero-order valence-electron chi connectivity index (χ0n) is 12.4. The number of hydrogen-bond acceptors (Lipinski definition) is 4. The number of rotatable bonds is 4. The fraction of sp³-hybridized carbons (Fsp3) is 0.533. The summed E-state index contributed by atoms with van der Waals surface area (Å²) in [5, 5.41) is 0. The Bertz CT molecular complexity index is 468. The van der Waals surface area contributed by atoms with Crippen molar-refractivity contribution in [3.05, 3.63) is 18.2 Å². The van der Waals surface area contributed by atoms with Gasteiger partial charge in [0.25, 0.3) is 0 Å². The van der Waals surface area contributed by atoms with Crippen molar-refractivity contribution in [1.82, 2.24) is 4.90 Å². The molecule has 1 fully saturated rings. The van der Waals surface area contributed by atoms with Crippen LogP contribution < -0.4 is 14.4 Å². The zero-order valence-corrected chi connectivity index (χ0v) is 12.4. The SMILES string of the molecule is CCC(=O)N1CCN(c2ccc(OC)cc2OC)CC1. The van der Waals surface area contributed by atoms with E-state index in [1.54, 1.807) is 14.2 Å². The minimum absolute atomic E-state index is 0.228. The van der Waals surface area contributed by atoms with Gasteiger partial charge in [0.1, 0.15) is 11.5 Å². The minimum Gasteiger partial charge on any atom is -0.497 e. The highest BCUT2D eigenvalue weighted by Crippen LogP contribution is 2.32. The molecule has 1 saturated heterocycles. The maximum Gasteiger partial charge on any atom is 0.222 e. The minimum atomic E-state index is 0.228. The molecule has 20 heavy (non-hydrogen) atoms. The summed E-state index contributed by atoms with van der Waals surface area (Å²) in [4.78, 5) is 15.9. The van der Waals surface area contributed by atoms with Gasteiger partial charge in [-0.1, -0.05) is 6.92 Å². The van der Waals surface area contributed by atoms with Gasteiger partial charge in [-0.25, -0.2) is 0 Å². The molecule has 1 aliphatic rings. The Labute approximate surface area is 120 Å². The van der Waals surface area contributed by atoms with Gasteiger partial charge in [-0.3, -0.25) is 4.79 Å². The summed E-state index contributed by atoms with van der Waals surface area (Å²) in [7, 11) is 3.30. The second-order valence-corrected chi connectivity index (χ2v) is 4.76. The predicted octanol–water partition coefficient (Wildman–Crippen LogP) is 1.76. The number of hydrogen-bond donors (Lipinski definition) is 0. The Kier molecular flexibility index (Phi) is 4.71. The van der Waals surface area contributed by atoms with Crippen molar-refractivity contribution in [2.75, 3.05) is 45.3 Å². The first-order chi connectivity index (χ1) is 9.69. The van der Waals surface area contributed by atoms with Crippen LogP contribution in [0.5, 0.6) is 11.5 Å². The molecular formula is C15H22N2O3. The van der Waals surface area contributed by atoms with Gasteiger partial charge >= 0.3 is 0 Å². The van der Waals surface area contributed by atoms with Crippen molar-refractivity contribution in [3.63, 3.8) is 0 Å². The van der Waals surface area contributed by atoms with Gasteiger partial charge in [0, 0.05) is 38.7 Å². The Morgan fingerprint density at radius 3 is 2.40 bits per heavy atom.